The Morgan fingerprint density at radius 2 is 2.36 bits per heavy atom. The minimum absolute atomic E-state index is 0.0147. The highest BCUT2D eigenvalue weighted by Gasteiger charge is 1.99. The second kappa shape index (κ2) is 3.53. The van der Waals surface area contributed by atoms with Crippen LogP contribution in [0.4, 0.5) is 0 Å². The molecule has 0 bridgehead atoms. The normalized spacial score (nSPS) is 9.64. The second-order valence-corrected chi connectivity index (χ2v) is 3.02. The lowest BCUT2D eigenvalue weighted by Gasteiger charge is -1.96. The first-order valence-corrected chi connectivity index (χ1v) is 4.47. The number of aromatic nitrogens is 1. The van der Waals surface area contributed by atoms with Crippen LogP contribution < -0.4 is 0 Å². The van der Waals surface area contributed by atoms with Gasteiger partial charge in [0.05, 0.1) is 0 Å². The molecule has 0 aliphatic heterocycles. The summed E-state index contributed by atoms with van der Waals surface area (Å²) in [5.74, 6) is 0.0147. The molecule has 0 amide bonds. The second-order valence-electron chi connectivity index (χ2n) is 2.14. The third-order valence-electron chi connectivity index (χ3n) is 1.33. The minimum atomic E-state index is 0.0147. The molecule has 1 aromatic rings. The van der Waals surface area contributed by atoms with Gasteiger partial charge in [0.25, 0.3) is 0 Å². The van der Waals surface area contributed by atoms with Gasteiger partial charge < -0.3 is 0 Å². The number of hydrogen-bond acceptors (Lipinski definition) is 3. The summed E-state index contributed by atoms with van der Waals surface area (Å²) >= 11 is 1.61. The predicted octanol–water partition coefficient (Wildman–Crippen LogP) is 2.01. The molecule has 0 saturated heterocycles. The molecular weight excluding hydrogens is 158 g/mol. The largest absolute Gasteiger partial charge is 0.293 e. The number of ketones is 1. The molecule has 0 aliphatic rings. The Morgan fingerprint density at radius 1 is 1.64 bits per heavy atom. The van der Waals surface area contributed by atoms with Gasteiger partial charge in [-0.05, 0) is 18.4 Å². The van der Waals surface area contributed by atoms with Crippen molar-refractivity contribution >= 4 is 17.5 Å². The van der Waals surface area contributed by atoms with Crippen molar-refractivity contribution in [2.24, 2.45) is 0 Å². The van der Waals surface area contributed by atoms with Crippen LogP contribution in [0.1, 0.15) is 17.4 Å². The van der Waals surface area contributed by atoms with Crippen LogP contribution in [0.15, 0.2) is 23.2 Å². The fraction of sp³-hybridized carbons (Fsp3) is 0.250. The lowest BCUT2D eigenvalue weighted by molar-refractivity contribution is 0.101. The quantitative estimate of drug-likeness (QED) is 0.498. The van der Waals surface area contributed by atoms with Crippen molar-refractivity contribution in [2.45, 2.75) is 11.8 Å². The lowest BCUT2D eigenvalue weighted by atomic mass is 10.3. The molecule has 0 aromatic carbocycles. The molecule has 0 unspecified atom stereocenters. The third kappa shape index (κ3) is 2.05. The average Bonchev–Trinajstić information content (AvgIpc) is 2.05. The maximum absolute atomic E-state index is 10.8. The molecular formula is C8H9NOS. The van der Waals surface area contributed by atoms with Crippen LogP contribution in [-0.2, 0) is 0 Å². The highest BCUT2D eigenvalue weighted by Crippen LogP contribution is 2.13. The van der Waals surface area contributed by atoms with Crippen molar-refractivity contribution in [3.05, 3.63) is 24.0 Å². The van der Waals surface area contributed by atoms with Gasteiger partial charge in [0, 0.05) is 18.0 Å². The summed E-state index contributed by atoms with van der Waals surface area (Å²) in [6.07, 6.45) is 3.63. The number of Topliss-reactive ketones (excluding diaryl/α,β-unsaturated/α-hetero) is 1. The summed E-state index contributed by atoms with van der Waals surface area (Å²) in [4.78, 5) is 15.8. The molecule has 0 radical (unpaired) electrons. The van der Waals surface area contributed by atoms with Gasteiger partial charge in [-0.1, -0.05) is 0 Å². The van der Waals surface area contributed by atoms with Crippen LogP contribution >= 0.6 is 11.8 Å². The van der Waals surface area contributed by atoms with E-state index >= 15 is 0 Å². The number of carbonyl (C=O) groups excluding carboxylic acids is 1. The van der Waals surface area contributed by atoms with Crippen molar-refractivity contribution in [3.8, 4) is 0 Å². The van der Waals surface area contributed by atoms with Crippen LogP contribution in [0.25, 0.3) is 0 Å². The molecule has 0 saturated carbocycles. The van der Waals surface area contributed by atoms with E-state index in [9.17, 15) is 4.79 Å². The van der Waals surface area contributed by atoms with E-state index in [2.05, 4.69) is 4.98 Å². The SMILES string of the molecule is CSc1ccnc(C(C)=O)c1. The number of rotatable bonds is 2. The lowest BCUT2D eigenvalue weighted by Crippen LogP contribution is -1.95. The van der Waals surface area contributed by atoms with E-state index < -0.39 is 0 Å². The van der Waals surface area contributed by atoms with E-state index in [4.69, 9.17) is 0 Å². The molecule has 58 valence electrons. The van der Waals surface area contributed by atoms with Crippen molar-refractivity contribution in [3.63, 3.8) is 0 Å². The van der Waals surface area contributed by atoms with Gasteiger partial charge in [0.1, 0.15) is 5.69 Å². The van der Waals surface area contributed by atoms with Crippen LogP contribution in [0.2, 0.25) is 0 Å². The van der Waals surface area contributed by atoms with Crippen LogP contribution in [-0.4, -0.2) is 17.0 Å². The topological polar surface area (TPSA) is 30.0 Å². The minimum Gasteiger partial charge on any atom is -0.293 e. The predicted molar refractivity (Wildman–Crippen MR) is 46.0 cm³/mol. The summed E-state index contributed by atoms with van der Waals surface area (Å²) in [6.45, 7) is 1.52. The van der Waals surface area contributed by atoms with E-state index in [1.165, 1.54) is 6.92 Å². The zero-order valence-corrected chi connectivity index (χ0v) is 7.31. The number of nitrogens with zero attached hydrogens (tertiary/aromatic N) is 1. The number of carbonyl (C=O) groups is 1. The molecule has 1 rings (SSSR count). The smallest absolute Gasteiger partial charge is 0.178 e. The van der Waals surface area contributed by atoms with Gasteiger partial charge in [-0.15, -0.1) is 11.8 Å². The zero-order chi connectivity index (χ0) is 8.27. The van der Waals surface area contributed by atoms with Crippen molar-refractivity contribution in [1.29, 1.82) is 0 Å². The molecule has 11 heavy (non-hydrogen) atoms. The molecule has 2 nitrogen and oxygen atoms in total. The molecule has 0 spiro atoms. The molecule has 0 atom stereocenters. The molecule has 1 aromatic heterocycles. The van der Waals surface area contributed by atoms with Crippen molar-refractivity contribution in [1.82, 2.24) is 4.98 Å². The first-order valence-electron chi connectivity index (χ1n) is 3.25. The Balaban J connectivity index is 3.01. The maximum Gasteiger partial charge on any atom is 0.178 e. The highest BCUT2D eigenvalue weighted by molar-refractivity contribution is 7.98. The zero-order valence-electron chi connectivity index (χ0n) is 6.50. The summed E-state index contributed by atoms with van der Waals surface area (Å²) in [5.41, 5.74) is 0.539. The Morgan fingerprint density at radius 3 is 2.91 bits per heavy atom. The number of pyridine rings is 1. The monoisotopic (exact) mass is 167 g/mol. The highest BCUT2D eigenvalue weighted by atomic mass is 32.2. The molecule has 0 aliphatic carbocycles. The summed E-state index contributed by atoms with van der Waals surface area (Å²) in [5, 5.41) is 0. The van der Waals surface area contributed by atoms with Gasteiger partial charge in [-0.2, -0.15) is 0 Å². The maximum atomic E-state index is 10.8. The van der Waals surface area contributed by atoms with Crippen LogP contribution in [0.3, 0.4) is 0 Å². The van der Waals surface area contributed by atoms with E-state index in [1.54, 1.807) is 24.0 Å². The van der Waals surface area contributed by atoms with Gasteiger partial charge in [0.15, 0.2) is 5.78 Å². The summed E-state index contributed by atoms with van der Waals surface area (Å²) < 4.78 is 0. The first-order chi connectivity index (χ1) is 5.24. The average molecular weight is 167 g/mol. The Kier molecular flexibility index (Phi) is 2.65. The van der Waals surface area contributed by atoms with Gasteiger partial charge >= 0.3 is 0 Å². The van der Waals surface area contributed by atoms with Crippen molar-refractivity contribution < 1.29 is 4.79 Å². The van der Waals surface area contributed by atoms with Gasteiger partial charge in [-0.3, -0.25) is 9.78 Å². The standard InChI is InChI=1S/C8H9NOS/c1-6(10)8-5-7(11-2)3-4-9-8/h3-5H,1-2H3. The number of hydrogen-bond donors (Lipinski definition) is 0. The van der Waals surface area contributed by atoms with Crippen molar-refractivity contribution in [2.75, 3.05) is 6.26 Å². The number of thioether (sulfide) groups is 1. The first kappa shape index (κ1) is 8.27. The van der Waals surface area contributed by atoms with Gasteiger partial charge in [-0.25, -0.2) is 0 Å². The van der Waals surface area contributed by atoms with Crippen LogP contribution in [0, 0.1) is 0 Å². The fourth-order valence-corrected chi connectivity index (χ4v) is 1.16. The van der Waals surface area contributed by atoms with Crippen LogP contribution in [0.5, 0.6) is 0 Å². The third-order valence-corrected chi connectivity index (χ3v) is 2.05. The molecule has 3 heteroatoms. The Labute approximate surface area is 70.0 Å². The molecule has 0 fully saturated rings. The van der Waals surface area contributed by atoms with E-state index in [1.807, 2.05) is 12.3 Å². The van der Waals surface area contributed by atoms with Gasteiger partial charge in [0.2, 0.25) is 0 Å². The summed E-state index contributed by atoms with van der Waals surface area (Å²) in [6, 6.07) is 3.68. The fourth-order valence-electron chi connectivity index (χ4n) is 0.731. The van der Waals surface area contributed by atoms with E-state index in [-0.39, 0.29) is 5.78 Å². The van der Waals surface area contributed by atoms with E-state index in [0.29, 0.717) is 5.69 Å². The molecule has 1 heterocycles. The summed E-state index contributed by atoms with van der Waals surface area (Å²) in [7, 11) is 0. The Bertz CT molecular complexity index is 273. The molecule has 0 N–H and O–H groups in total. The van der Waals surface area contributed by atoms with E-state index in [0.717, 1.165) is 4.90 Å². The Hall–Kier alpha value is -0.830.